The summed E-state index contributed by atoms with van der Waals surface area (Å²) in [6, 6.07) is 0. The summed E-state index contributed by atoms with van der Waals surface area (Å²) in [6.07, 6.45) is 0.844. The van der Waals surface area contributed by atoms with Crippen LogP contribution < -0.4 is 0 Å². The summed E-state index contributed by atoms with van der Waals surface area (Å²) in [7, 11) is -1.99. The van der Waals surface area contributed by atoms with Gasteiger partial charge in [0.2, 0.25) is 0 Å². The highest BCUT2D eigenvalue weighted by Crippen LogP contribution is 2.02. The highest BCUT2D eigenvalue weighted by atomic mass is 28.4. The largest absolute Gasteiger partial charge is 0.458 e. The van der Waals surface area contributed by atoms with Crippen LogP contribution in [-0.4, -0.2) is 28.9 Å². The number of aliphatic hydroxyl groups is 1. The zero-order chi connectivity index (χ0) is 8.20. The number of rotatable bonds is 4. The molecule has 1 unspecified atom stereocenters. The fourth-order valence-electron chi connectivity index (χ4n) is 0.464. The second-order valence-electron chi connectivity index (χ2n) is 3.49. The molecule has 10 heavy (non-hydrogen) atoms. The molecule has 62 valence electrons. The van der Waals surface area contributed by atoms with Gasteiger partial charge in [0.05, 0.1) is 5.73 Å². The summed E-state index contributed by atoms with van der Waals surface area (Å²) in [6.45, 7) is 8.46. The molecule has 4 heteroatoms. The fraction of sp³-hybridized carbons (Fsp3) is 1.00. The summed E-state index contributed by atoms with van der Waals surface area (Å²) >= 11 is 0. The highest BCUT2D eigenvalue weighted by molar-refractivity contribution is 6.74. The smallest absolute Gasteiger partial charge is 0.175 e. The van der Waals surface area contributed by atoms with Crippen LogP contribution >= 0.6 is 0 Å². The van der Waals surface area contributed by atoms with Crippen LogP contribution in [0.4, 0.5) is 0 Å². The molecule has 0 fully saturated rings. The van der Waals surface area contributed by atoms with Gasteiger partial charge < -0.3 is 9.22 Å². The van der Waals surface area contributed by atoms with Gasteiger partial charge in [0, 0.05) is 0 Å². The maximum Gasteiger partial charge on any atom is 0.175 e. The van der Waals surface area contributed by atoms with Gasteiger partial charge in [-0.15, -0.1) is 0 Å². The van der Waals surface area contributed by atoms with E-state index in [1.54, 1.807) is 0 Å². The lowest BCUT2D eigenvalue weighted by atomic mass is 10.5. The third kappa shape index (κ3) is 6.47. The Hall–Kier alpha value is 0.354. The third-order valence-electron chi connectivity index (χ3n) is 1.18. The molecule has 0 amide bonds. The Balaban J connectivity index is 3.36. The molecule has 1 atom stereocenters. The average Bonchev–Trinajstić information content (AvgIpc) is 1.81. The zero-order valence-electron chi connectivity index (χ0n) is 7.35. The topological polar surface area (TPSA) is 29.5 Å². The summed E-state index contributed by atoms with van der Waals surface area (Å²) in [5.41, 5.74) is -0.133. The molecule has 0 saturated carbocycles. The Morgan fingerprint density at radius 3 is 2.30 bits per heavy atom. The van der Waals surface area contributed by atoms with Gasteiger partial charge >= 0.3 is 0 Å². The van der Waals surface area contributed by atoms with Crippen LogP contribution in [0.15, 0.2) is 0 Å². The minimum atomic E-state index is -1.33. The van der Waals surface area contributed by atoms with Gasteiger partial charge in [-0.2, -0.15) is 0 Å². The van der Waals surface area contributed by atoms with Crippen molar-refractivity contribution in [1.82, 2.24) is 0 Å². The predicted octanol–water partition coefficient (Wildman–Crippen LogP) is 0.650. The highest BCUT2D eigenvalue weighted by Gasteiger charge is 2.15. The van der Waals surface area contributed by atoms with Crippen molar-refractivity contribution in [2.45, 2.75) is 38.7 Å². The second kappa shape index (κ2) is 4.28. The molecule has 0 aromatic heterocycles. The molecule has 0 aliphatic carbocycles. The molecular formula is C6H18O2Si2. The molecule has 0 radical (unpaired) electrons. The van der Waals surface area contributed by atoms with E-state index in [1.807, 2.05) is 6.92 Å². The molecule has 0 rings (SSSR count). The van der Waals surface area contributed by atoms with Crippen molar-refractivity contribution in [3.63, 3.8) is 0 Å². The first kappa shape index (κ1) is 10.4. The molecule has 2 nitrogen and oxygen atoms in total. The van der Waals surface area contributed by atoms with Crippen molar-refractivity contribution in [1.29, 1.82) is 0 Å². The Morgan fingerprint density at radius 2 is 2.00 bits per heavy atom. The summed E-state index contributed by atoms with van der Waals surface area (Å²) < 4.78 is 5.61. The fourth-order valence-corrected chi connectivity index (χ4v) is 3.47. The number of hydrogen-bond acceptors (Lipinski definition) is 2. The minimum Gasteiger partial charge on any atom is -0.458 e. The quantitative estimate of drug-likeness (QED) is 0.641. The normalized spacial score (nSPS) is 16.5. The van der Waals surface area contributed by atoms with Gasteiger partial charge in [-0.25, -0.2) is 0 Å². The Kier molecular flexibility index (Phi) is 4.43. The molecule has 0 heterocycles. The van der Waals surface area contributed by atoms with Crippen LogP contribution in [0.3, 0.4) is 0 Å². The first-order valence-corrected chi connectivity index (χ1v) is 8.58. The summed E-state index contributed by atoms with van der Waals surface area (Å²) in [5, 5.41) is 9.18. The molecule has 0 aliphatic heterocycles. The van der Waals surface area contributed by atoms with E-state index in [0.29, 0.717) is 0 Å². The van der Waals surface area contributed by atoms with E-state index in [0.717, 1.165) is 6.42 Å². The third-order valence-corrected chi connectivity index (χ3v) is 6.27. The molecule has 0 aromatic rings. The van der Waals surface area contributed by atoms with Crippen LogP contribution in [0.1, 0.15) is 13.3 Å². The second-order valence-corrected chi connectivity index (χ2v) is 10.1. The first-order valence-electron chi connectivity index (χ1n) is 3.77. The van der Waals surface area contributed by atoms with E-state index in [4.69, 9.17) is 4.12 Å². The molecular weight excluding hydrogens is 160 g/mol. The minimum absolute atomic E-state index is 0.133. The molecule has 0 aromatic carbocycles. The van der Waals surface area contributed by atoms with E-state index in [1.165, 1.54) is 0 Å². The van der Waals surface area contributed by atoms with Crippen molar-refractivity contribution in [3.05, 3.63) is 0 Å². The molecule has 1 N–H and O–H groups in total. The van der Waals surface area contributed by atoms with Gasteiger partial charge in [-0.1, -0.05) is 6.92 Å². The van der Waals surface area contributed by atoms with Gasteiger partial charge in [0.15, 0.2) is 18.1 Å². The number of aliphatic hydroxyl groups excluding tert-OH is 1. The molecule has 0 spiro atoms. The van der Waals surface area contributed by atoms with E-state index in [2.05, 4.69) is 19.6 Å². The molecule has 0 bridgehead atoms. The van der Waals surface area contributed by atoms with Crippen LogP contribution in [0.5, 0.6) is 0 Å². The van der Waals surface area contributed by atoms with E-state index >= 15 is 0 Å². The van der Waals surface area contributed by atoms with Gasteiger partial charge in [0.25, 0.3) is 0 Å². The molecule has 0 aliphatic rings. The zero-order valence-corrected chi connectivity index (χ0v) is 9.76. The van der Waals surface area contributed by atoms with Crippen molar-refractivity contribution >= 4 is 18.1 Å². The summed E-state index contributed by atoms with van der Waals surface area (Å²) in [4.78, 5) is 0. The van der Waals surface area contributed by atoms with Crippen molar-refractivity contribution in [3.8, 4) is 0 Å². The van der Waals surface area contributed by atoms with Crippen LogP contribution in [0, 0.1) is 0 Å². The van der Waals surface area contributed by atoms with Gasteiger partial charge in [0.1, 0.15) is 0 Å². The van der Waals surface area contributed by atoms with Crippen LogP contribution in [0.25, 0.3) is 0 Å². The van der Waals surface area contributed by atoms with E-state index < -0.39 is 18.1 Å². The van der Waals surface area contributed by atoms with Crippen LogP contribution in [-0.2, 0) is 4.12 Å². The van der Waals surface area contributed by atoms with Crippen molar-refractivity contribution < 1.29 is 9.22 Å². The summed E-state index contributed by atoms with van der Waals surface area (Å²) in [5.74, 6) is 0. The van der Waals surface area contributed by atoms with E-state index in [9.17, 15) is 5.11 Å². The standard InChI is InChI=1S/C6H18O2Si2/c1-5-6(7)9-8-10(2,3)4/h6-7H,5,9H2,1-4H3. The lowest BCUT2D eigenvalue weighted by Crippen LogP contribution is -2.32. The maximum absolute atomic E-state index is 9.18. The predicted molar refractivity (Wildman–Crippen MR) is 49.3 cm³/mol. The first-order chi connectivity index (χ1) is 4.45. The number of hydrogen-bond donors (Lipinski definition) is 1. The van der Waals surface area contributed by atoms with Crippen molar-refractivity contribution in [2.24, 2.45) is 0 Å². The maximum atomic E-state index is 9.18. The van der Waals surface area contributed by atoms with Crippen molar-refractivity contribution in [2.75, 3.05) is 0 Å². The Labute approximate surface area is 66.7 Å². The van der Waals surface area contributed by atoms with E-state index in [-0.39, 0.29) is 5.73 Å². The lowest BCUT2D eigenvalue weighted by molar-refractivity contribution is 0.234. The Morgan fingerprint density at radius 1 is 1.50 bits per heavy atom. The van der Waals surface area contributed by atoms with Gasteiger partial charge in [-0.3, -0.25) is 0 Å². The monoisotopic (exact) mass is 178 g/mol. The Bertz CT molecular complexity index is 90.2. The SMILES string of the molecule is CCC(O)[SiH2]O[Si](C)(C)C. The van der Waals surface area contributed by atoms with Crippen LogP contribution in [0.2, 0.25) is 19.6 Å². The lowest BCUT2D eigenvalue weighted by Gasteiger charge is -2.19. The van der Waals surface area contributed by atoms with Gasteiger partial charge in [-0.05, 0) is 26.1 Å². The average molecular weight is 178 g/mol. The molecule has 0 saturated heterocycles.